The first-order valence-corrected chi connectivity index (χ1v) is 3.40. The molecule has 0 aliphatic rings. The van der Waals surface area contributed by atoms with Crippen molar-refractivity contribution >= 4 is 17.7 Å². The van der Waals surface area contributed by atoms with E-state index in [1.165, 1.54) is 18.2 Å². The van der Waals surface area contributed by atoms with Crippen LogP contribution in [0.4, 0.5) is 11.4 Å². The van der Waals surface area contributed by atoms with E-state index < -0.39 is 4.92 Å². The van der Waals surface area contributed by atoms with E-state index in [4.69, 9.17) is 5.84 Å². The minimum Gasteiger partial charge on any atom is -0.318 e. The number of hydrogen-bond donors (Lipinski definition) is 2. The van der Waals surface area contributed by atoms with Crippen molar-refractivity contribution in [1.29, 1.82) is 0 Å². The van der Waals surface area contributed by atoms with Crippen LogP contribution in [0.1, 0.15) is 10.4 Å². The topological polar surface area (TPSA) is 98.3 Å². The number of carbonyl (C=O) groups excluding carboxylic acids is 1. The number of benzene rings is 1. The van der Waals surface area contributed by atoms with Gasteiger partial charge in [0.05, 0.1) is 10.5 Å². The van der Waals surface area contributed by atoms with Gasteiger partial charge in [-0.3, -0.25) is 20.8 Å². The third-order valence-electron chi connectivity index (χ3n) is 1.53. The summed E-state index contributed by atoms with van der Waals surface area (Å²) in [6, 6.07) is 4.28. The SMILES string of the molecule is NNc1cccc(C=O)c1[N+](=O)[O-]. The summed E-state index contributed by atoms with van der Waals surface area (Å²) in [4.78, 5) is 20.3. The molecule has 0 aliphatic carbocycles. The van der Waals surface area contributed by atoms with E-state index in [-0.39, 0.29) is 16.9 Å². The van der Waals surface area contributed by atoms with Gasteiger partial charge in [-0.15, -0.1) is 0 Å². The summed E-state index contributed by atoms with van der Waals surface area (Å²) in [6.07, 6.45) is 0.416. The molecule has 0 fully saturated rings. The number of hydrogen-bond acceptors (Lipinski definition) is 5. The molecule has 0 unspecified atom stereocenters. The summed E-state index contributed by atoms with van der Waals surface area (Å²) in [5.41, 5.74) is 1.97. The molecule has 0 heterocycles. The molecule has 6 heteroatoms. The Labute approximate surface area is 73.5 Å². The number of nitrogens with two attached hydrogens (primary N) is 1. The summed E-state index contributed by atoms with van der Waals surface area (Å²) in [5.74, 6) is 5.04. The summed E-state index contributed by atoms with van der Waals surface area (Å²) >= 11 is 0. The second kappa shape index (κ2) is 3.63. The number of hydrazine groups is 1. The molecule has 1 aromatic rings. The highest BCUT2D eigenvalue weighted by molar-refractivity contribution is 5.86. The number of rotatable bonds is 3. The van der Waals surface area contributed by atoms with E-state index in [1.54, 1.807) is 0 Å². The molecule has 1 rings (SSSR count). The smallest absolute Gasteiger partial charge is 0.304 e. The average molecular weight is 181 g/mol. The van der Waals surface area contributed by atoms with E-state index in [0.717, 1.165) is 0 Å². The lowest BCUT2D eigenvalue weighted by Gasteiger charge is -2.02. The molecule has 1 aromatic carbocycles. The molecule has 68 valence electrons. The molecule has 0 aliphatic heterocycles. The number of para-hydroxylation sites is 1. The fraction of sp³-hybridized carbons (Fsp3) is 0. The lowest BCUT2D eigenvalue weighted by atomic mass is 10.2. The van der Waals surface area contributed by atoms with Crippen molar-refractivity contribution in [3.63, 3.8) is 0 Å². The van der Waals surface area contributed by atoms with Gasteiger partial charge >= 0.3 is 5.69 Å². The third kappa shape index (κ3) is 1.62. The van der Waals surface area contributed by atoms with Gasteiger partial charge in [0.1, 0.15) is 5.69 Å². The maximum atomic E-state index is 10.5. The van der Waals surface area contributed by atoms with Gasteiger partial charge in [-0.1, -0.05) is 6.07 Å². The Hall–Kier alpha value is -1.95. The van der Waals surface area contributed by atoms with Gasteiger partial charge in [-0.05, 0) is 12.1 Å². The van der Waals surface area contributed by atoms with E-state index >= 15 is 0 Å². The number of nitro benzene ring substituents is 1. The highest BCUT2D eigenvalue weighted by Crippen LogP contribution is 2.26. The zero-order valence-corrected chi connectivity index (χ0v) is 6.56. The molecule has 0 radical (unpaired) electrons. The Balaban J connectivity index is 3.38. The quantitative estimate of drug-likeness (QED) is 0.309. The van der Waals surface area contributed by atoms with Crippen LogP contribution in [0, 0.1) is 10.1 Å². The van der Waals surface area contributed by atoms with Crippen LogP contribution in [0.3, 0.4) is 0 Å². The van der Waals surface area contributed by atoms with Crippen molar-refractivity contribution in [3.05, 3.63) is 33.9 Å². The Morgan fingerprint density at radius 1 is 1.54 bits per heavy atom. The fourth-order valence-corrected chi connectivity index (χ4v) is 0.977. The Bertz CT molecular complexity index is 351. The molecule has 0 saturated carbocycles. The first kappa shape index (κ1) is 9.14. The first-order chi connectivity index (χ1) is 6.20. The molecular weight excluding hydrogens is 174 g/mol. The molecule has 3 N–H and O–H groups in total. The average Bonchev–Trinajstić information content (AvgIpc) is 2.16. The van der Waals surface area contributed by atoms with Crippen molar-refractivity contribution in [2.24, 2.45) is 5.84 Å². The van der Waals surface area contributed by atoms with Gasteiger partial charge in [0, 0.05) is 0 Å². The minimum atomic E-state index is -0.654. The Morgan fingerprint density at radius 3 is 2.69 bits per heavy atom. The second-order valence-corrected chi connectivity index (χ2v) is 2.26. The third-order valence-corrected chi connectivity index (χ3v) is 1.53. The molecule has 0 amide bonds. The normalized spacial score (nSPS) is 9.31. The number of nitro groups is 1. The summed E-state index contributed by atoms with van der Waals surface area (Å²) in [5, 5.41) is 10.5. The van der Waals surface area contributed by atoms with Crippen LogP contribution < -0.4 is 11.3 Å². The molecule has 6 nitrogen and oxygen atoms in total. The predicted molar refractivity (Wildman–Crippen MR) is 46.3 cm³/mol. The number of nitrogen functional groups attached to an aromatic ring is 1. The summed E-state index contributed by atoms with van der Waals surface area (Å²) in [7, 11) is 0. The van der Waals surface area contributed by atoms with Gasteiger partial charge in [0.15, 0.2) is 6.29 Å². The number of nitrogens with zero attached hydrogens (tertiary/aromatic N) is 1. The minimum absolute atomic E-state index is 0.000417. The first-order valence-electron chi connectivity index (χ1n) is 3.40. The fourth-order valence-electron chi connectivity index (χ4n) is 0.977. The second-order valence-electron chi connectivity index (χ2n) is 2.26. The van der Waals surface area contributed by atoms with Crippen molar-refractivity contribution in [1.82, 2.24) is 0 Å². The molecule has 0 atom stereocenters. The zero-order chi connectivity index (χ0) is 9.84. The van der Waals surface area contributed by atoms with Gasteiger partial charge < -0.3 is 5.43 Å². The van der Waals surface area contributed by atoms with E-state index in [1.807, 2.05) is 0 Å². The predicted octanol–water partition coefficient (Wildman–Crippen LogP) is 0.693. The maximum Gasteiger partial charge on any atom is 0.304 e. The molecular formula is C7H7N3O3. The van der Waals surface area contributed by atoms with Crippen molar-refractivity contribution in [2.75, 3.05) is 5.43 Å². The molecule has 0 spiro atoms. The maximum absolute atomic E-state index is 10.5. The number of carbonyl (C=O) groups is 1. The van der Waals surface area contributed by atoms with Crippen molar-refractivity contribution in [3.8, 4) is 0 Å². The molecule has 0 saturated heterocycles. The Morgan fingerprint density at radius 2 is 2.23 bits per heavy atom. The van der Waals surface area contributed by atoms with Crippen molar-refractivity contribution < 1.29 is 9.72 Å². The summed E-state index contributed by atoms with van der Waals surface area (Å²) < 4.78 is 0. The van der Waals surface area contributed by atoms with Gasteiger partial charge in [-0.25, -0.2) is 0 Å². The van der Waals surface area contributed by atoms with Gasteiger partial charge in [-0.2, -0.15) is 0 Å². The molecule has 13 heavy (non-hydrogen) atoms. The number of aldehydes is 1. The number of anilines is 1. The van der Waals surface area contributed by atoms with Crippen LogP contribution in [0.15, 0.2) is 18.2 Å². The molecule has 0 bridgehead atoms. The standard InChI is InChI=1S/C7H7N3O3/c8-9-6-3-1-2-5(4-11)7(6)10(12)13/h1-4,9H,8H2. The van der Waals surface area contributed by atoms with Crippen LogP contribution in [0.25, 0.3) is 0 Å². The largest absolute Gasteiger partial charge is 0.318 e. The highest BCUT2D eigenvalue weighted by Gasteiger charge is 2.17. The van der Waals surface area contributed by atoms with Crippen LogP contribution in [0.2, 0.25) is 0 Å². The van der Waals surface area contributed by atoms with E-state index in [0.29, 0.717) is 6.29 Å². The Kier molecular flexibility index (Phi) is 2.56. The lowest BCUT2D eigenvalue weighted by Crippen LogP contribution is -2.10. The van der Waals surface area contributed by atoms with Gasteiger partial charge in [0.2, 0.25) is 0 Å². The van der Waals surface area contributed by atoms with Crippen LogP contribution in [-0.2, 0) is 0 Å². The van der Waals surface area contributed by atoms with Crippen LogP contribution in [0.5, 0.6) is 0 Å². The van der Waals surface area contributed by atoms with E-state index in [9.17, 15) is 14.9 Å². The summed E-state index contributed by atoms with van der Waals surface area (Å²) in [6.45, 7) is 0. The van der Waals surface area contributed by atoms with E-state index in [2.05, 4.69) is 5.43 Å². The van der Waals surface area contributed by atoms with Crippen LogP contribution >= 0.6 is 0 Å². The molecule has 0 aromatic heterocycles. The van der Waals surface area contributed by atoms with Gasteiger partial charge in [0.25, 0.3) is 0 Å². The number of nitrogens with one attached hydrogen (secondary N) is 1. The van der Waals surface area contributed by atoms with Crippen LogP contribution in [-0.4, -0.2) is 11.2 Å². The lowest BCUT2D eigenvalue weighted by molar-refractivity contribution is -0.384. The van der Waals surface area contributed by atoms with Crippen molar-refractivity contribution in [2.45, 2.75) is 0 Å². The highest BCUT2D eigenvalue weighted by atomic mass is 16.6. The zero-order valence-electron chi connectivity index (χ0n) is 6.56. The monoisotopic (exact) mass is 181 g/mol.